The van der Waals surface area contributed by atoms with Gasteiger partial charge in [0.1, 0.15) is 6.29 Å². The van der Waals surface area contributed by atoms with Crippen LogP contribution in [0.1, 0.15) is 16.7 Å². The number of nitrogens with one attached hydrogen (secondary N) is 2. The number of aromatic nitrogens is 1. The maximum absolute atomic E-state index is 11.1. The third kappa shape index (κ3) is 5.16. The largest absolute Gasteiger partial charge is 0.361 e. The molecule has 28 heavy (non-hydrogen) atoms. The van der Waals surface area contributed by atoms with Crippen LogP contribution in [0.25, 0.3) is 17.0 Å². The Bertz CT molecular complexity index is 961. The van der Waals surface area contributed by atoms with Gasteiger partial charge in [0.15, 0.2) is 0 Å². The van der Waals surface area contributed by atoms with Gasteiger partial charge >= 0.3 is 0 Å². The minimum Gasteiger partial charge on any atom is -0.361 e. The Morgan fingerprint density at radius 3 is 2.68 bits per heavy atom. The average Bonchev–Trinajstić information content (AvgIpc) is 3.14. The highest BCUT2D eigenvalue weighted by Gasteiger charge is 2.09. The summed E-state index contributed by atoms with van der Waals surface area (Å²) in [7, 11) is 0. The number of hydrogen-bond acceptors (Lipinski definition) is 4. The number of carbonyl (C=O) groups is 2. The molecule has 144 valence electrons. The first kappa shape index (κ1) is 19.5. The second kappa shape index (κ2) is 9.64. The van der Waals surface area contributed by atoms with Gasteiger partial charge in [-0.25, -0.2) is 5.48 Å². The number of para-hydroxylation sites is 1. The molecule has 0 unspecified atom stereocenters. The first-order valence-electron chi connectivity index (χ1n) is 9.11. The summed E-state index contributed by atoms with van der Waals surface area (Å²) in [6.07, 6.45) is 6.70. The fourth-order valence-corrected chi connectivity index (χ4v) is 3.16. The lowest BCUT2D eigenvalue weighted by atomic mass is 10.1. The lowest BCUT2D eigenvalue weighted by molar-refractivity contribution is -0.124. The van der Waals surface area contributed by atoms with Crippen LogP contribution in [-0.4, -0.2) is 40.4 Å². The number of aromatic amines is 1. The van der Waals surface area contributed by atoms with E-state index >= 15 is 0 Å². The Balaban J connectivity index is 1.62. The van der Waals surface area contributed by atoms with Crippen molar-refractivity contribution in [3.8, 4) is 0 Å². The summed E-state index contributed by atoms with van der Waals surface area (Å²) in [5.41, 5.74) is 5.87. The van der Waals surface area contributed by atoms with E-state index in [0.29, 0.717) is 13.1 Å². The van der Waals surface area contributed by atoms with Gasteiger partial charge < -0.3 is 9.78 Å². The minimum atomic E-state index is -0.571. The zero-order chi connectivity index (χ0) is 19.8. The van der Waals surface area contributed by atoms with E-state index in [9.17, 15) is 9.59 Å². The van der Waals surface area contributed by atoms with Gasteiger partial charge in [-0.15, -0.1) is 0 Å². The summed E-state index contributed by atoms with van der Waals surface area (Å²) in [4.78, 5) is 27.5. The molecule has 3 rings (SSSR count). The van der Waals surface area contributed by atoms with E-state index in [2.05, 4.69) is 22.0 Å². The normalized spacial score (nSPS) is 11.4. The van der Waals surface area contributed by atoms with Crippen LogP contribution in [0.4, 0.5) is 0 Å². The maximum Gasteiger partial charge on any atom is 0.267 e. The van der Waals surface area contributed by atoms with Gasteiger partial charge in [-0.05, 0) is 35.3 Å². The van der Waals surface area contributed by atoms with Crippen molar-refractivity contribution in [2.24, 2.45) is 0 Å². The van der Waals surface area contributed by atoms with Crippen molar-refractivity contribution in [1.29, 1.82) is 0 Å². The second-order valence-electron chi connectivity index (χ2n) is 6.56. The van der Waals surface area contributed by atoms with E-state index in [-0.39, 0.29) is 0 Å². The molecular formula is C22H23N3O3. The number of hydrogen-bond donors (Lipinski definition) is 3. The van der Waals surface area contributed by atoms with E-state index in [1.165, 1.54) is 17.0 Å². The van der Waals surface area contributed by atoms with Gasteiger partial charge in [0.2, 0.25) is 0 Å². The Morgan fingerprint density at radius 1 is 1.14 bits per heavy atom. The molecular weight excluding hydrogens is 354 g/mol. The molecule has 1 heterocycles. The quantitative estimate of drug-likeness (QED) is 0.232. The molecule has 2 aromatic carbocycles. The molecule has 0 spiro atoms. The molecule has 0 atom stereocenters. The van der Waals surface area contributed by atoms with Crippen LogP contribution >= 0.6 is 0 Å². The minimum absolute atomic E-state index is 0.376. The molecule has 3 N–H and O–H groups in total. The summed E-state index contributed by atoms with van der Waals surface area (Å²) in [6, 6.07) is 15.9. The Kier molecular flexibility index (Phi) is 6.73. The molecule has 6 nitrogen and oxygen atoms in total. The zero-order valence-electron chi connectivity index (χ0n) is 15.5. The van der Waals surface area contributed by atoms with Crippen molar-refractivity contribution in [3.63, 3.8) is 0 Å². The predicted octanol–water partition coefficient (Wildman–Crippen LogP) is 2.93. The molecule has 3 aromatic rings. The van der Waals surface area contributed by atoms with E-state index in [4.69, 9.17) is 5.21 Å². The third-order valence-electron chi connectivity index (χ3n) is 4.63. The number of hydroxylamine groups is 1. The zero-order valence-corrected chi connectivity index (χ0v) is 15.5. The van der Waals surface area contributed by atoms with Crippen molar-refractivity contribution in [3.05, 3.63) is 77.5 Å². The topological polar surface area (TPSA) is 85.4 Å². The summed E-state index contributed by atoms with van der Waals surface area (Å²) < 4.78 is 0. The van der Waals surface area contributed by atoms with Crippen molar-refractivity contribution >= 4 is 29.2 Å². The smallest absolute Gasteiger partial charge is 0.267 e. The van der Waals surface area contributed by atoms with Gasteiger partial charge in [-0.2, -0.15) is 0 Å². The summed E-state index contributed by atoms with van der Waals surface area (Å²) in [5.74, 6) is -0.571. The van der Waals surface area contributed by atoms with Gasteiger partial charge in [-0.3, -0.25) is 14.9 Å². The van der Waals surface area contributed by atoms with Gasteiger partial charge in [0, 0.05) is 36.3 Å². The predicted molar refractivity (Wildman–Crippen MR) is 109 cm³/mol. The maximum atomic E-state index is 11.1. The Labute approximate surface area is 163 Å². The molecule has 1 aromatic heterocycles. The van der Waals surface area contributed by atoms with Crippen molar-refractivity contribution < 1.29 is 14.8 Å². The van der Waals surface area contributed by atoms with Crippen LogP contribution in [0.5, 0.6) is 0 Å². The highest BCUT2D eigenvalue weighted by molar-refractivity contribution is 5.90. The first-order chi connectivity index (χ1) is 13.7. The SMILES string of the molecule is O=CCN(CCc1c[nH]c2ccccc12)Cc1ccc(/C=C/C(=O)NO)cc1. The molecule has 1 amide bonds. The number of amides is 1. The molecule has 0 aliphatic heterocycles. The van der Waals surface area contributed by atoms with Crippen LogP contribution in [0.2, 0.25) is 0 Å². The summed E-state index contributed by atoms with van der Waals surface area (Å²) >= 11 is 0. The highest BCUT2D eigenvalue weighted by atomic mass is 16.5. The van der Waals surface area contributed by atoms with Gasteiger partial charge in [-0.1, -0.05) is 42.5 Å². The molecule has 0 radical (unpaired) electrons. The van der Waals surface area contributed by atoms with Crippen LogP contribution in [-0.2, 0) is 22.6 Å². The van der Waals surface area contributed by atoms with E-state index in [1.807, 2.05) is 42.6 Å². The summed E-state index contributed by atoms with van der Waals surface area (Å²) in [6.45, 7) is 1.82. The Morgan fingerprint density at radius 2 is 1.93 bits per heavy atom. The number of benzene rings is 2. The lowest BCUT2D eigenvalue weighted by Gasteiger charge is -2.19. The van der Waals surface area contributed by atoms with Crippen LogP contribution in [0.3, 0.4) is 0 Å². The lowest BCUT2D eigenvalue weighted by Crippen LogP contribution is -2.27. The number of aldehydes is 1. The molecule has 0 bridgehead atoms. The van der Waals surface area contributed by atoms with Crippen LogP contribution < -0.4 is 5.48 Å². The number of fused-ring (bicyclic) bond motifs is 1. The van der Waals surface area contributed by atoms with E-state index < -0.39 is 5.91 Å². The molecule has 0 saturated heterocycles. The van der Waals surface area contributed by atoms with Gasteiger partial charge in [0.05, 0.1) is 6.54 Å². The highest BCUT2D eigenvalue weighted by Crippen LogP contribution is 2.18. The van der Waals surface area contributed by atoms with E-state index in [0.717, 1.165) is 35.9 Å². The molecule has 6 heteroatoms. The average molecular weight is 377 g/mol. The van der Waals surface area contributed by atoms with Crippen molar-refractivity contribution in [1.82, 2.24) is 15.4 Å². The van der Waals surface area contributed by atoms with E-state index in [1.54, 1.807) is 11.6 Å². The number of carbonyl (C=O) groups excluding carboxylic acids is 2. The van der Waals surface area contributed by atoms with Crippen molar-refractivity contribution in [2.45, 2.75) is 13.0 Å². The number of nitrogens with zero attached hydrogens (tertiary/aromatic N) is 1. The van der Waals surface area contributed by atoms with Crippen LogP contribution in [0, 0.1) is 0 Å². The van der Waals surface area contributed by atoms with Gasteiger partial charge in [0.25, 0.3) is 5.91 Å². The second-order valence-corrected chi connectivity index (χ2v) is 6.56. The fraction of sp³-hybridized carbons (Fsp3) is 0.182. The number of rotatable bonds is 9. The summed E-state index contributed by atoms with van der Waals surface area (Å²) in [5, 5.41) is 9.72. The molecule has 0 fully saturated rings. The van der Waals surface area contributed by atoms with Crippen molar-refractivity contribution in [2.75, 3.05) is 13.1 Å². The number of H-pyrrole nitrogens is 1. The monoisotopic (exact) mass is 377 g/mol. The third-order valence-corrected chi connectivity index (χ3v) is 4.63. The fourth-order valence-electron chi connectivity index (χ4n) is 3.16. The Hall–Kier alpha value is -3.22. The first-order valence-corrected chi connectivity index (χ1v) is 9.11. The molecule has 0 aliphatic rings. The van der Waals surface area contributed by atoms with Crippen LogP contribution in [0.15, 0.2) is 60.8 Å². The standard InChI is InChI=1S/C22H23N3O3/c26-14-13-25(12-11-19-15-23-21-4-2-1-3-20(19)21)16-18-7-5-17(6-8-18)9-10-22(27)24-28/h1-10,14-15,23,28H,11-13,16H2,(H,24,27)/b10-9+. The molecule has 0 aliphatic carbocycles. The molecule has 0 saturated carbocycles.